The topological polar surface area (TPSA) is 101 Å². The van der Waals surface area contributed by atoms with Gasteiger partial charge in [-0.2, -0.15) is 0 Å². The van der Waals surface area contributed by atoms with E-state index in [1.165, 1.54) is 0 Å². The number of urea groups is 1. The second-order valence-electron chi connectivity index (χ2n) is 9.11. The SMILES string of the molecule is CCOC(=O)C1=C(CN2CCN(C(=O)C(C)C)CC2)N(CC)C(=O)NC1c1cc(OC)cc(OC)c1. The summed E-state index contributed by atoms with van der Waals surface area (Å²) >= 11 is 0. The first kappa shape index (κ1) is 27.3. The molecule has 2 aliphatic heterocycles. The van der Waals surface area contributed by atoms with Crippen molar-refractivity contribution in [3.63, 3.8) is 0 Å². The van der Waals surface area contributed by atoms with E-state index in [1.807, 2.05) is 25.7 Å². The van der Waals surface area contributed by atoms with Gasteiger partial charge in [0, 0.05) is 56.9 Å². The Morgan fingerprint density at radius 2 is 1.64 bits per heavy atom. The third-order valence-corrected chi connectivity index (χ3v) is 6.51. The number of nitrogens with zero attached hydrogens (tertiary/aromatic N) is 3. The smallest absolute Gasteiger partial charge is 0.338 e. The van der Waals surface area contributed by atoms with E-state index in [2.05, 4.69) is 10.2 Å². The lowest BCUT2D eigenvalue weighted by atomic mass is 9.93. The summed E-state index contributed by atoms with van der Waals surface area (Å²) in [5, 5.41) is 2.97. The normalized spacial score (nSPS) is 18.9. The van der Waals surface area contributed by atoms with E-state index >= 15 is 0 Å². The summed E-state index contributed by atoms with van der Waals surface area (Å²) in [6.45, 7) is 10.9. The Hall–Kier alpha value is -3.27. The average molecular weight is 503 g/mol. The van der Waals surface area contributed by atoms with Crippen LogP contribution < -0.4 is 14.8 Å². The summed E-state index contributed by atoms with van der Waals surface area (Å²) in [6, 6.07) is 4.27. The Kier molecular flexibility index (Phi) is 9.19. The lowest BCUT2D eigenvalue weighted by molar-refractivity contribution is -0.139. The monoisotopic (exact) mass is 502 g/mol. The molecule has 0 spiro atoms. The molecular formula is C26H38N4O6. The summed E-state index contributed by atoms with van der Waals surface area (Å²) in [6.07, 6.45) is 0. The van der Waals surface area contributed by atoms with Gasteiger partial charge in [-0.05, 0) is 31.5 Å². The minimum atomic E-state index is -0.734. The van der Waals surface area contributed by atoms with Gasteiger partial charge in [0.25, 0.3) is 0 Å². The second-order valence-corrected chi connectivity index (χ2v) is 9.11. The predicted octanol–water partition coefficient (Wildman–Crippen LogP) is 2.41. The molecular weight excluding hydrogens is 464 g/mol. The van der Waals surface area contributed by atoms with E-state index in [-0.39, 0.29) is 24.5 Å². The molecule has 3 rings (SSSR count). The van der Waals surface area contributed by atoms with Crippen molar-refractivity contribution in [1.82, 2.24) is 20.0 Å². The molecule has 3 amide bonds. The third kappa shape index (κ3) is 5.92. The molecule has 0 aliphatic carbocycles. The number of esters is 1. The fourth-order valence-corrected chi connectivity index (χ4v) is 4.61. The van der Waals surface area contributed by atoms with Crippen LogP contribution in [0, 0.1) is 5.92 Å². The number of methoxy groups -OCH3 is 2. The third-order valence-electron chi connectivity index (χ3n) is 6.51. The van der Waals surface area contributed by atoms with Gasteiger partial charge in [0.05, 0.1) is 32.4 Å². The fourth-order valence-electron chi connectivity index (χ4n) is 4.61. The molecule has 0 saturated carbocycles. The number of rotatable bonds is 9. The molecule has 36 heavy (non-hydrogen) atoms. The fraction of sp³-hybridized carbons (Fsp3) is 0.577. The molecule has 1 unspecified atom stereocenters. The van der Waals surface area contributed by atoms with Crippen LogP contribution in [-0.2, 0) is 14.3 Å². The zero-order valence-electron chi connectivity index (χ0n) is 22.1. The van der Waals surface area contributed by atoms with E-state index in [0.29, 0.717) is 67.6 Å². The van der Waals surface area contributed by atoms with Crippen LogP contribution in [0.4, 0.5) is 4.79 Å². The van der Waals surface area contributed by atoms with E-state index in [4.69, 9.17) is 14.2 Å². The van der Waals surface area contributed by atoms with Crippen molar-refractivity contribution < 1.29 is 28.6 Å². The number of likely N-dealkylation sites (N-methyl/N-ethyl adjacent to an activating group) is 1. The van der Waals surface area contributed by atoms with Crippen LogP contribution in [0.3, 0.4) is 0 Å². The quantitative estimate of drug-likeness (QED) is 0.518. The van der Waals surface area contributed by atoms with Crippen molar-refractivity contribution in [2.45, 2.75) is 33.7 Å². The summed E-state index contributed by atoms with van der Waals surface area (Å²) in [5.41, 5.74) is 1.65. The van der Waals surface area contributed by atoms with Gasteiger partial charge in [0.15, 0.2) is 0 Å². The maximum atomic E-state index is 13.3. The van der Waals surface area contributed by atoms with Gasteiger partial charge in [-0.15, -0.1) is 0 Å². The average Bonchev–Trinajstić information content (AvgIpc) is 2.88. The highest BCUT2D eigenvalue weighted by Crippen LogP contribution is 2.35. The Balaban J connectivity index is 2.01. The van der Waals surface area contributed by atoms with Gasteiger partial charge in [0.2, 0.25) is 5.91 Å². The molecule has 0 bridgehead atoms. The number of hydrogen-bond donors (Lipinski definition) is 1. The number of nitrogens with one attached hydrogen (secondary N) is 1. The zero-order chi connectivity index (χ0) is 26.4. The first-order valence-electron chi connectivity index (χ1n) is 12.5. The van der Waals surface area contributed by atoms with Crippen molar-refractivity contribution in [3.8, 4) is 11.5 Å². The molecule has 10 heteroatoms. The molecule has 1 N–H and O–H groups in total. The molecule has 1 atom stereocenters. The number of carbonyl (C=O) groups is 3. The number of ether oxygens (including phenoxy) is 3. The van der Waals surface area contributed by atoms with E-state index in [9.17, 15) is 14.4 Å². The number of piperazine rings is 1. The molecule has 198 valence electrons. The lowest BCUT2D eigenvalue weighted by Crippen LogP contribution is -2.54. The van der Waals surface area contributed by atoms with Gasteiger partial charge in [-0.3, -0.25) is 14.6 Å². The molecule has 0 radical (unpaired) electrons. The Labute approximate surface area is 213 Å². The van der Waals surface area contributed by atoms with Crippen LogP contribution in [0.15, 0.2) is 29.5 Å². The first-order valence-corrected chi connectivity index (χ1v) is 12.5. The molecule has 1 aromatic carbocycles. The molecule has 0 aromatic heterocycles. The predicted molar refractivity (Wildman–Crippen MR) is 135 cm³/mol. The maximum Gasteiger partial charge on any atom is 0.338 e. The molecule has 1 aromatic rings. The Bertz CT molecular complexity index is 978. The van der Waals surface area contributed by atoms with E-state index in [0.717, 1.165) is 0 Å². The summed E-state index contributed by atoms with van der Waals surface area (Å²) < 4.78 is 16.3. The highest BCUT2D eigenvalue weighted by molar-refractivity contribution is 5.95. The van der Waals surface area contributed by atoms with Crippen molar-refractivity contribution in [3.05, 3.63) is 35.0 Å². The second kappa shape index (κ2) is 12.1. The number of amides is 3. The van der Waals surface area contributed by atoms with Crippen LogP contribution in [0.2, 0.25) is 0 Å². The summed E-state index contributed by atoms with van der Waals surface area (Å²) in [5.74, 6) is 0.707. The van der Waals surface area contributed by atoms with Crippen LogP contribution in [0.1, 0.15) is 39.3 Å². The number of hydrogen-bond acceptors (Lipinski definition) is 7. The van der Waals surface area contributed by atoms with Gasteiger partial charge in [-0.25, -0.2) is 9.59 Å². The number of benzene rings is 1. The molecule has 1 saturated heterocycles. The van der Waals surface area contributed by atoms with Crippen molar-refractivity contribution in [2.24, 2.45) is 5.92 Å². The number of carbonyl (C=O) groups excluding carboxylic acids is 3. The molecule has 2 aliphatic rings. The highest BCUT2D eigenvalue weighted by atomic mass is 16.5. The highest BCUT2D eigenvalue weighted by Gasteiger charge is 2.39. The first-order chi connectivity index (χ1) is 17.2. The summed E-state index contributed by atoms with van der Waals surface area (Å²) in [7, 11) is 3.10. The van der Waals surface area contributed by atoms with Gasteiger partial charge in [0.1, 0.15) is 11.5 Å². The molecule has 10 nitrogen and oxygen atoms in total. The van der Waals surface area contributed by atoms with Gasteiger partial charge in [-0.1, -0.05) is 13.8 Å². The summed E-state index contributed by atoms with van der Waals surface area (Å²) in [4.78, 5) is 44.6. The molecule has 1 fully saturated rings. The standard InChI is InChI=1S/C26H38N4O6/c1-7-30-21(16-28-9-11-29(12-10-28)24(31)17(3)4)22(25(32)36-8-2)23(27-26(30)33)18-13-19(34-5)15-20(14-18)35-6/h13-15,17,23H,7-12,16H2,1-6H3,(H,27,33). The largest absolute Gasteiger partial charge is 0.497 e. The van der Waals surface area contributed by atoms with Crippen molar-refractivity contribution in [2.75, 3.05) is 60.1 Å². The van der Waals surface area contributed by atoms with Gasteiger partial charge >= 0.3 is 12.0 Å². The minimum Gasteiger partial charge on any atom is -0.497 e. The van der Waals surface area contributed by atoms with E-state index in [1.54, 1.807) is 44.2 Å². The van der Waals surface area contributed by atoms with Crippen molar-refractivity contribution in [1.29, 1.82) is 0 Å². The lowest BCUT2D eigenvalue weighted by Gasteiger charge is -2.40. The van der Waals surface area contributed by atoms with Crippen LogP contribution in [0.25, 0.3) is 0 Å². The zero-order valence-corrected chi connectivity index (χ0v) is 22.1. The van der Waals surface area contributed by atoms with Crippen molar-refractivity contribution >= 4 is 17.9 Å². The van der Waals surface area contributed by atoms with E-state index < -0.39 is 12.0 Å². The van der Waals surface area contributed by atoms with Crippen LogP contribution >= 0.6 is 0 Å². The Morgan fingerprint density at radius 1 is 1.03 bits per heavy atom. The minimum absolute atomic E-state index is 0.0482. The van der Waals surface area contributed by atoms with Crippen LogP contribution in [-0.4, -0.2) is 92.7 Å². The Morgan fingerprint density at radius 3 is 2.14 bits per heavy atom. The van der Waals surface area contributed by atoms with Gasteiger partial charge < -0.3 is 24.4 Å². The van der Waals surface area contributed by atoms with Crippen LogP contribution in [0.5, 0.6) is 11.5 Å². The maximum absolute atomic E-state index is 13.3. The molecule has 2 heterocycles.